The third-order valence-corrected chi connectivity index (χ3v) is 3.06. The number of carbonyl (C=O) groups is 1. The minimum absolute atomic E-state index is 0.274. The van der Waals surface area contributed by atoms with Crippen molar-refractivity contribution < 1.29 is 9.32 Å². The highest BCUT2D eigenvalue weighted by Crippen LogP contribution is 2.11. The van der Waals surface area contributed by atoms with Gasteiger partial charge in [-0.2, -0.15) is 0 Å². The Hall–Kier alpha value is -2.44. The molecule has 7 heteroatoms. The van der Waals surface area contributed by atoms with Gasteiger partial charge in [0.15, 0.2) is 5.69 Å². The quantitative estimate of drug-likeness (QED) is 0.842. The van der Waals surface area contributed by atoms with E-state index in [0.717, 1.165) is 24.2 Å². The highest BCUT2D eigenvalue weighted by atomic mass is 16.5. The second-order valence-electron chi connectivity index (χ2n) is 4.72. The van der Waals surface area contributed by atoms with Crippen molar-refractivity contribution >= 4 is 11.7 Å². The monoisotopic (exact) mass is 289 g/mol. The van der Waals surface area contributed by atoms with Crippen LogP contribution in [-0.4, -0.2) is 27.8 Å². The van der Waals surface area contributed by atoms with Crippen LogP contribution in [0, 0.1) is 13.8 Å². The molecule has 112 valence electrons. The molecule has 0 radical (unpaired) electrons. The number of hydrogen-bond donors (Lipinski definition) is 2. The lowest BCUT2D eigenvalue weighted by atomic mass is 10.2. The van der Waals surface area contributed by atoms with Crippen molar-refractivity contribution in [2.24, 2.45) is 0 Å². The van der Waals surface area contributed by atoms with Crippen LogP contribution in [-0.2, 0) is 6.54 Å². The molecule has 2 rings (SSSR count). The van der Waals surface area contributed by atoms with E-state index in [1.165, 1.54) is 0 Å². The fraction of sp³-hybridized carbons (Fsp3) is 0.429. The zero-order valence-electron chi connectivity index (χ0n) is 12.4. The van der Waals surface area contributed by atoms with Crippen LogP contribution >= 0.6 is 0 Å². The van der Waals surface area contributed by atoms with Crippen molar-refractivity contribution in [3.63, 3.8) is 0 Å². The molecule has 0 spiro atoms. The van der Waals surface area contributed by atoms with Gasteiger partial charge in [0.25, 0.3) is 5.91 Å². The Morgan fingerprint density at radius 3 is 2.67 bits per heavy atom. The lowest BCUT2D eigenvalue weighted by molar-refractivity contribution is 0.0945. The van der Waals surface area contributed by atoms with E-state index in [4.69, 9.17) is 4.52 Å². The normalized spacial score (nSPS) is 10.4. The maximum atomic E-state index is 12.0. The molecule has 0 aliphatic heterocycles. The summed E-state index contributed by atoms with van der Waals surface area (Å²) in [6, 6.07) is 3.39. The summed E-state index contributed by atoms with van der Waals surface area (Å²) in [4.78, 5) is 12.0. The highest BCUT2D eigenvalue weighted by molar-refractivity contribution is 5.92. The number of nitrogens with zero attached hydrogens (tertiary/aromatic N) is 3. The van der Waals surface area contributed by atoms with Crippen molar-refractivity contribution in [1.82, 2.24) is 20.7 Å². The van der Waals surface area contributed by atoms with Gasteiger partial charge in [-0.3, -0.25) is 4.79 Å². The SMILES string of the molecule is CCCNc1ccc(C(=O)NCc2c(C)noc2C)nn1. The molecule has 0 aliphatic rings. The average molecular weight is 289 g/mol. The van der Waals surface area contributed by atoms with Crippen molar-refractivity contribution in [3.8, 4) is 0 Å². The molecule has 0 atom stereocenters. The van der Waals surface area contributed by atoms with Gasteiger partial charge in [-0.05, 0) is 32.4 Å². The van der Waals surface area contributed by atoms with E-state index >= 15 is 0 Å². The highest BCUT2D eigenvalue weighted by Gasteiger charge is 2.12. The summed E-state index contributed by atoms with van der Waals surface area (Å²) in [5, 5.41) is 17.6. The Kier molecular flexibility index (Phi) is 4.86. The molecule has 2 heterocycles. The molecule has 2 aromatic rings. The standard InChI is InChI=1S/C14H19N5O2/c1-4-7-15-13-6-5-12(17-18-13)14(20)16-8-11-9(2)19-21-10(11)3/h5-6H,4,7-8H2,1-3H3,(H,15,18)(H,16,20). The maximum Gasteiger partial charge on any atom is 0.272 e. The van der Waals surface area contributed by atoms with Crippen molar-refractivity contribution in [2.45, 2.75) is 33.7 Å². The fourth-order valence-corrected chi connectivity index (χ4v) is 1.81. The Morgan fingerprint density at radius 1 is 1.29 bits per heavy atom. The number of rotatable bonds is 6. The predicted octanol–water partition coefficient (Wildman–Crippen LogP) is 1.83. The molecule has 2 aromatic heterocycles. The van der Waals surface area contributed by atoms with E-state index in [-0.39, 0.29) is 11.6 Å². The molecule has 1 amide bonds. The first-order chi connectivity index (χ1) is 10.1. The molecule has 0 fully saturated rings. The first-order valence-electron chi connectivity index (χ1n) is 6.89. The molecular weight excluding hydrogens is 270 g/mol. The van der Waals surface area contributed by atoms with Crippen molar-refractivity contribution in [2.75, 3.05) is 11.9 Å². The van der Waals surface area contributed by atoms with Gasteiger partial charge in [0.05, 0.1) is 5.69 Å². The van der Waals surface area contributed by atoms with Gasteiger partial charge in [0.1, 0.15) is 11.6 Å². The number of anilines is 1. The minimum Gasteiger partial charge on any atom is -0.369 e. The van der Waals surface area contributed by atoms with Crippen LogP contribution in [0.25, 0.3) is 0 Å². The largest absolute Gasteiger partial charge is 0.369 e. The van der Waals surface area contributed by atoms with Crippen LogP contribution in [0.5, 0.6) is 0 Å². The third kappa shape index (κ3) is 3.77. The molecule has 7 nitrogen and oxygen atoms in total. The van der Waals surface area contributed by atoms with Crippen LogP contribution in [0.1, 0.15) is 40.9 Å². The molecular formula is C14H19N5O2. The number of amides is 1. The number of aromatic nitrogens is 3. The van der Waals surface area contributed by atoms with E-state index < -0.39 is 0 Å². The summed E-state index contributed by atoms with van der Waals surface area (Å²) in [6.07, 6.45) is 1.00. The first-order valence-corrected chi connectivity index (χ1v) is 6.89. The molecule has 0 bridgehead atoms. The molecule has 0 saturated heterocycles. The lowest BCUT2D eigenvalue weighted by Crippen LogP contribution is -2.24. The van der Waals surface area contributed by atoms with Crippen LogP contribution in [0.3, 0.4) is 0 Å². The molecule has 0 saturated carbocycles. The molecule has 2 N–H and O–H groups in total. The summed E-state index contributed by atoms with van der Waals surface area (Å²) in [6.45, 7) is 6.90. The second kappa shape index (κ2) is 6.83. The van der Waals surface area contributed by atoms with Crippen molar-refractivity contribution in [3.05, 3.63) is 34.8 Å². The molecule has 0 aliphatic carbocycles. The number of nitrogens with one attached hydrogen (secondary N) is 2. The van der Waals surface area contributed by atoms with E-state index in [1.54, 1.807) is 12.1 Å². The molecule has 0 unspecified atom stereocenters. The Labute approximate surface area is 123 Å². The van der Waals surface area contributed by atoms with E-state index in [0.29, 0.717) is 18.1 Å². The maximum absolute atomic E-state index is 12.0. The summed E-state index contributed by atoms with van der Waals surface area (Å²) in [7, 11) is 0. The van der Waals surface area contributed by atoms with E-state index in [9.17, 15) is 4.79 Å². The van der Waals surface area contributed by atoms with Gasteiger partial charge in [-0.15, -0.1) is 10.2 Å². The van der Waals surface area contributed by atoms with Gasteiger partial charge in [0, 0.05) is 18.7 Å². The van der Waals surface area contributed by atoms with Gasteiger partial charge < -0.3 is 15.2 Å². The smallest absolute Gasteiger partial charge is 0.272 e. The summed E-state index contributed by atoms with van der Waals surface area (Å²) in [5.74, 6) is 1.10. The first kappa shape index (κ1) is 15.0. The zero-order valence-corrected chi connectivity index (χ0v) is 12.4. The fourth-order valence-electron chi connectivity index (χ4n) is 1.81. The summed E-state index contributed by atoms with van der Waals surface area (Å²) >= 11 is 0. The van der Waals surface area contributed by atoms with E-state index in [2.05, 4.69) is 32.9 Å². The van der Waals surface area contributed by atoms with Gasteiger partial charge in [0.2, 0.25) is 0 Å². The van der Waals surface area contributed by atoms with Gasteiger partial charge >= 0.3 is 0 Å². The Balaban J connectivity index is 1.94. The van der Waals surface area contributed by atoms with Crippen LogP contribution in [0.15, 0.2) is 16.7 Å². The van der Waals surface area contributed by atoms with Crippen LogP contribution in [0.4, 0.5) is 5.82 Å². The summed E-state index contributed by atoms with van der Waals surface area (Å²) < 4.78 is 5.05. The van der Waals surface area contributed by atoms with Crippen molar-refractivity contribution in [1.29, 1.82) is 0 Å². The van der Waals surface area contributed by atoms with Crippen LogP contribution in [0.2, 0.25) is 0 Å². The minimum atomic E-state index is -0.274. The zero-order chi connectivity index (χ0) is 15.2. The van der Waals surface area contributed by atoms with E-state index in [1.807, 2.05) is 13.8 Å². The Morgan fingerprint density at radius 2 is 2.10 bits per heavy atom. The van der Waals surface area contributed by atoms with Gasteiger partial charge in [-0.25, -0.2) is 0 Å². The predicted molar refractivity (Wildman–Crippen MR) is 78.0 cm³/mol. The Bertz CT molecular complexity index is 587. The number of hydrogen-bond acceptors (Lipinski definition) is 6. The average Bonchev–Trinajstić information content (AvgIpc) is 2.82. The van der Waals surface area contributed by atoms with Crippen LogP contribution < -0.4 is 10.6 Å². The second-order valence-corrected chi connectivity index (χ2v) is 4.72. The number of aryl methyl sites for hydroxylation is 2. The molecule has 0 aromatic carbocycles. The third-order valence-electron chi connectivity index (χ3n) is 3.06. The number of carbonyl (C=O) groups excluding carboxylic acids is 1. The molecule has 21 heavy (non-hydrogen) atoms. The van der Waals surface area contributed by atoms with Gasteiger partial charge in [-0.1, -0.05) is 12.1 Å². The topological polar surface area (TPSA) is 92.9 Å². The summed E-state index contributed by atoms with van der Waals surface area (Å²) in [5.41, 5.74) is 1.94. The lowest BCUT2D eigenvalue weighted by Gasteiger charge is -2.05.